The van der Waals surface area contributed by atoms with Crippen molar-refractivity contribution in [3.8, 4) is 0 Å². The number of halogens is 2. The number of hydrogen-bond donors (Lipinski definition) is 0. The van der Waals surface area contributed by atoms with Crippen molar-refractivity contribution in [3.05, 3.63) is 34.9 Å². The molecule has 0 radical (unpaired) electrons. The van der Waals surface area contributed by atoms with Crippen molar-refractivity contribution < 1.29 is 4.79 Å². The Morgan fingerprint density at radius 2 is 2.24 bits per heavy atom. The van der Waals surface area contributed by atoms with E-state index in [1.807, 2.05) is 29.2 Å². The Morgan fingerprint density at radius 1 is 1.47 bits per heavy atom. The molecule has 1 aromatic rings. The molecule has 0 heterocycles. The highest BCUT2D eigenvalue weighted by atomic mass is 79.9. The van der Waals surface area contributed by atoms with E-state index in [4.69, 9.17) is 11.6 Å². The van der Waals surface area contributed by atoms with Gasteiger partial charge in [0, 0.05) is 22.9 Å². The molecule has 1 aliphatic carbocycles. The lowest BCUT2D eigenvalue weighted by Crippen LogP contribution is -2.35. The van der Waals surface area contributed by atoms with Gasteiger partial charge < -0.3 is 4.90 Å². The maximum absolute atomic E-state index is 12.2. The fourth-order valence-electron chi connectivity index (χ4n) is 1.91. The second-order valence-electron chi connectivity index (χ2n) is 4.31. The molecule has 0 saturated heterocycles. The Hall–Kier alpha value is -0.540. The van der Waals surface area contributed by atoms with Gasteiger partial charge in [-0.2, -0.15) is 0 Å². The monoisotopic (exact) mass is 315 g/mol. The van der Waals surface area contributed by atoms with E-state index in [1.54, 1.807) is 0 Å². The Balaban J connectivity index is 1.99. The average Bonchev–Trinajstić information content (AvgIpc) is 3.09. The number of amides is 1. The summed E-state index contributed by atoms with van der Waals surface area (Å²) in [4.78, 5) is 14.1. The Morgan fingerprint density at radius 3 is 2.82 bits per heavy atom. The normalized spacial score (nSPS) is 14.7. The van der Waals surface area contributed by atoms with Crippen LogP contribution in [0, 0.1) is 0 Å². The first-order valence-electron chi connectivity index (χ1n) is 5.80. The van der Waals surface area contributed by atoms with E-state index in [2.05, 4.69) is 15.9 Å². The molecule has 0 unspecified atom stereocenters. The third kappa shape index (κ3) is 3.71. The SMILES string of the molecule is O=C(Cc1cccc(Cl)c1)N(CCBr)C1CC1. The summed E-state index contributed by atoms with van der Waals surface area (Å²) in [6.45, 7) is 0.796. The van der Waals surface area contributed by atoms with Crippen molar-refractivity contribution in [1.82, 2.24) is 4.90 Å². The maximum atomic E-state index is 12.2. The van der Waals surface area contributed by atoms with Crippen LogP contribution in [0.5, 0.6) is 0 Å². The van der Waals surface area contributed by atoms with Gasteiger partial charge in [-0.25, -0.2) is 0 Å². The molecule has 1 aliphatic rings. The minimum Gasteiger partial charge on any atom is -0.339 e. The van der Waals surface area contributed by atoms with Gasteiger partial charge in [-0.3, -0.25) is 4.79 Å². The summed E-state index contributed by atoms with van der Waals surface area (Å²) in [6.07, 6.45) is 2.74. The third-order valence-corrected chi connectivity index (χ3v) is 3.47. The van der Waals surface area contributed by atoms with Gasteiger partial charge in [-0.05, 0) is 30.5 Å². The van der Waals surface area contributed by atoms with Gasteiger partial charge in [0.05, 0.1) is 6.42 Å². The molecule has 1 saturated carbocycles. The Bertz CT molecular complexity index is 406. The van der Waals surface area contributed by atoms with Gasteiger partial charge in [0.1, 0.15) is 0 Å². The van der Waals surface area contributed by atoms with Crippen molar-refractivity contribution in [3.63, 3.8) is 0 Å². The lowest BCUT2D eigenvalue weighted by atomic mass is 10.1. The number of benzene rings is 1. The second kappa shape index (κ2) is 5.87. The number of hydrogen-bond acceptors (Lipinski definition) is 1. The maximum Gasteiger partial charge on any atom is 0.227 e. The van der Waals surface area contributed by atoms with Crippen molar-refractivity contribution in [1.29, 1.82) is 0 Å². The van der Waals surface area contributed by atoms with Gasteiger partial charge in [-0.15, -0.1) is 0 Å². The van der Waals surface area contributed by atoms with E-state index in [9.17, 15) is 4.79 Å². The molecule has 0 aromatic heterocycles. The second-order valence-corrected chi connectivity index (χ2v) is 5.54. The Kier molecular flexibility index (Phi) is 4.46. The Labute approximate surface area is 115 Å². The zero-order valence-electron chi connectivity index (χ0n) is 9.53. The van der Waals surface area contributed by atoms with E-state index in [0.29, 0.717) is 17.5 Å². The van der Waals surface area contributed by atoms with E-state index in [0.717, 1.165) is 30.3 Å². The van der Waals surface area contributed by atoms with Gasteiger partial charge in [0.15, 0.2) is 0 Å². The molecule has 92 valence electrons. The van der Waals surface area contributed by atoms with E-state index in [-0.39, 0.29) is 5.91 Å². The largest absolute Gasteiger partial charge is 0.339 e. The van der Waals surface area contributed by atoms with Gasteiger partial charge in [-0.1, -0.05) is 39.7 Å². The summed E-state index contributed by atoms with van der Waals surface area (Å²) < 4.78 is 0. The molecule has 2 nitrogen and oxygen atoms in total. The summed E-state index contributed by atoms with van der Waals surface area (Å²) in [5.74, 6) is 0.203. The molecule has 0 N–H and O–H groups in total. The summed E-state index contributed by atoms with van der Waals surface area (Å²) in [7, 11) is 0. The smallest absolute Gasteiger partial charge is 0.227 e. The lowest BCUT2D eigenvalue weighted by Gasteiger charge is -2.21. The number of rotatable bonds is 5. The lowest BCUT2D eigenvalue weighted by molar-refractivity contribution is -0.130. The van der Waals surface area contributed by atoms with Crippen LogP contribution in [0.2, 0.25) is 5.02 Å². The van der Waals surface area contributed by atoms with E-state index >= 15 is 0 Å². The first-order valence-corrected chi connectivity index (χ1v) is 7.30. The first-order chi connectivity index (χ1) is 8.20. The van der Waals surface area contributed by atoms with Gasteiger partial charge in [0.2, 0.25) is 5.91 Å². The molecule has 0 atom stereocenters. The van der Waals surface area contributed by atoms with E-state index < -0.39 is 0 Å². The van der Waals surface area contributed by atoms with E-state index in [1.165, 1.54) is 0 Å². The highest BCUT2D eigenvalue weighted by molar-refractivity contribution is 9.09. The van der Waals surface area contributed by atoms with Crippen LogP contribution in [-0.4, -0.2) is 28.7 Å². The highest BCUT2D eigenvalue weighted by Gasteiger charge is 2.31. The molecule has 1 fully saturated rings. The molecule has 17 heavy (non-hydrogen) atoms. The molecule has 1 amide bonds. The molecule has 0 spiro atoms. The molecular weight excluding hydrogens is 302 g/mol. The van der Waals surface area contributed by atoms with Gasteiger partial charge in [0.25, 0.3) is 0 Å². The molecule has 1 aromatic carbocycles. The number of nitrogens with zero attached hydrogens (tertiary/aromatic N) is 1. The summed E-state index contributed by atoms with van der Waals surface area (Å²) in [5.41, 5.74) is 0.989. The van der Waals surface area contributed by atoms with Crippen LogP contribution in [0.25, 0.3) is 0 Å². The fourth-order valence-corrected chi connectivity index (χ4v) is 2.51. The van der Waals surface area contributed by atoms with Crippen LogP contribution in [0.4, 0.5) is 0 Å². The third-order valence-electron chi connectivity index (χ3n) is 2.88. The van der Waals surface area contributed by atoms with Crippen LogP contribution in [0.3, 0.4) is 0 Å². The number of carbonyl (C=O) groups excluding carboxylic acids is 1. The minimum atomic E-state index is 0.203. The number of carbonyl (C=O) groups is 1. The molecular formula is C13H15BrClNO. The van der Waals surface area contributed by atoms with Crippen LogP contribution >= 0.6 is 27.5 Å². The van der Waals surface area contributed by atoms with Crippen molar-refractivity contribution >= 4 is 33.4 Å². The van der Waals surface area contributed by atoms with Crippen molar-refractivity contribution in [2.24, 2.45) is 0 Å². The minimum absolute atomic E-state index is 0.203. The average molecular weight is 317 g/mol. The highest BCUT2D eigenvalue weighted by Crippen LogP contribution is 2.27. The predicted octanol–water partition coefficient (Wildman–Crippen LogP) is 3.27. The number of alkyl halides is 1. The predicted molar refractivity (Wildman–Crippen MR) is 73.7 cm³/mol. The fraction of sp³-hybridized carbons (Fsp3) is 0.462. The van der Waals surface area contributed by atoms with Crippen LogP contribution < -0.4 is 0 Å². The molecule has 0 bridgehead atoms. The van der Waals surface area contributed by atoms with Crippen LogP contribution in [-0.2, 0) is 11.2 Å². The summed E-state index contributed by atoms with van der Waals surface area (Å²) in [5, 5.41) is 1.53. The topological polar surface area (TPSA) is 20.3 Å². The quantitative estimate of drug-likeness (QED) is 0.764. The summed E-state index contributed by atoms with van der Waals surface area (Å²) >= 11 is 9.31. The molecule has 2 rings (SSSR count). The van der Waals surface area contributed by atoms with Crippen LogP contribution in [0.1, 0.15) is 18.4 Å². The first kappa shape index (κ1) is 12.9. The summed E-state index contributed by atoms with van der Waals surface area (Å²) in [6, 6.07) is 7.99. The zero-order chi connectivity index (χ0) is 12.3. The van der Waals surface area contributed by atoms with Crippen LogP contribution in [0.15, 0.2) is 24.3 Å². The molecule has 0 aliphatic heterocycles. The molecule has 4 heteroatoms. The zero-order valence-corrected chi connectivity index (χ0v) is 11.9. The van der Waals surface area contributed by atoms with Crippen molar-refractivity contribution in [2.45, 2.75) is 25.3 Å². The van der Waals surface area contributed by atoms with Crippen molar-refractivity contribution in [2.75, 3.05) is 11.9 Å². The van der Waals surface area contributed by atoms with Gasteiger partial charge >= 0.3 is 0 Å². The standard InChI is InChI=1S/C13H15BrClNO/c14-6-7-16(12-4-5-12)13(17)9-10-2-1-3-11(15)8-10/h1-3,8,12H,4-7,9H2.